The Bertz CT molecular complexity index is 795. The van der Waals surface area contributed by atoms with Crippen molar-refractivity contribution in [2.45, 2.75) is 20.0 Å². The number of benzene rings is 2. The summed E-state index contributed by atoms with van der Waals surface area (Å²) in [7, 11) is 0. The van der Waals surface area contributed by atoms with E-state index in [0.29, 0.717) is 5.56 Å². The van der Waals surface area contributed by atoms with Crippen LogP contribution in [-0.4, -0.2) is 18.0 Å². The van der Waals surface area contributed by atoms with Crippen LogP contribution in [0.3, 0.4) is 0 Å². The van der Waals surface area contributed by atoms with Crippen molar-refractivity contribution in [1.82, 2.24) is 0 Å². The van der Waals surface area contributed by atoms with E-state index in [1.807, 2.05) is 0 Å². The maximum absolute atomic E-state index is 13.5. The molecule has 0 aromatic heterocycles. The fourth-order valence-corrected chi connectivity index (χ4v) is 2.36. The van der Waals surface area contributed by atoms with Gasteiger partial charge in [0, 0.05) is 10.2 Å². The summed E-state index contributed by atoms with van der Waals surface area (Å²) in [6, 6.07) is 7.73. The van der Waals surface area contributed by atoms with Crippen molar-refractivity contribution < 1.29 is 23.1 Å². The van der Waals surface area contributed by atoms with Crippen molar-refractivity contribution in [1.29, 1.82) is 0 Å². The van der Waals surface area contributed by atoms with Crippen molar-refractivity contribution in [2.75, 3.05) is 5.32 Å². The molecule has 1 atom stereocenters. The summed E-state index contributed by atoms with van der Waals surface area (Å²) in [5, 5.41) is 2.46. The number of hydrogen-bond donors (Lipinski definition) is 1. The van der Waals surface area contributed by atoms with E-state index in [1.165, 1.54) is 25.1 Å². The van der Waals surface area contributed by atoms with Crippen molar-refractivity contribution in [3.63, 3.8) is 0 Å². The molecule has 126 valence electrons. The quantitative estimate of drug-likeness (QED) is 0.785. The molecule has 4 nitrogen and oxygen atoms in total. The second-order valence-corrected chi connectivity index (χ2v) is 5.98. The summed E-state index contributed by atoms with van der Waals surface area (Å²) in [4.78, 5) is 24.1. The highest BCUT2D eigenvalue weighted by molar-refractivity contribution is 9.10. The molecule has 2 rings (SSSR count). The molecule has 0 fully saturated rings. The predicted octanol–water partition coefficient (Wildman–Crippen LogP) is 4.22. The number of carbonyl (C=O) groups excluding carboxylic acids is 2. The number of ether oxygens (including phenoxy) is 1. The number of halogens is 3. The summed E-state index contributed by atoms with van der Waals surface area (Å²) >= 11 is 3.06. The summed E-state index contributed by atoms with van der Waals surface area (Å²) < 4.78 is 31.8. The lowest BCUT2D eigenvalue weighted by atomic mass is 10.2. The Labute approximate surface area is 145 Å². The van der Waals surface area contributed by atoms with Crippen LogP contribution in [0.1, 0.15) is 22.8 Å². The van der Waals surface area contributed by atoms with Gasteiger partial charge in [0.2, 0.25) is 0 Å². The van der Waals surface area contributed by atoms with Crippen LogP contribution < -0.4 is 5.32 Å². The minimum Gasteiger partial charge on any atom is -0.449 e. The topological polar surface area (TPSA) is 55.4 Å². The van der Waals surface area contributed by atoms with E-state index < -0.39 is 29.6 Å². The Morgan fingerprint density at radius 3 is 2.50 bits per heavy atom. The van der Waals surface area contributed by atoms with Crippen LogP contribution in [0.2, 0.25) is 0 Å². The van der Waals surface area contributed by atoms with E-state index >= 15 is 0 Å². The zero-order valence-electron chi connectivity index (χ0n) is 12.9. The maximum Gasteiger partial charge on any atom is 0.340 e. The molecule has 0 saturated heterocycles. The van der Waals surface area contributed by atoms with Crippen molar-refractivity contribution in [3.8, 4) is 0 Å². The van der Waals surface area contributed by atoms with Gasteiger partial charge in [-0.1, -0.05) is 6.07 Å². The molecule has 0 unspecified atom stereocenters. The molecular formula is C17H14BrF2NO3. The molecule has 0 aliphatic rings. The Morgan fingerprint density at radius 2 is 1.88 bits per heavy atom. The lowest BCUT2D eigenvalue weighted by molar-refractivity contribution is -0.123. The standard InChI is InChI=1S/C17H14BrF2NO3/c1-9-3-5-12(8-15(9)20)21-16(22)10(2)24-17(23)13-6-4-11(19)7-14(13)18/h3-8,10H,1-2H3,(H,21,22)/t10-/m0/s1. The van der Waals surface area contributed by atoms with E-state index in [4.69, 9.17) is 4.74 Å². The number of amides is 1. The highest BCUT2D eigenvalue weighted by Crippen LogP contribution is 2.20. The summed E-state index contributed by atoms with van der Waals surface area (Å²) in [6.45, 7) is 2.99. The number of hydrogen-bond acceptors (Lipinski definition) is 3. The smallest absolute Gasteiger partial charge is 0.340 e. The summed E-state index contributed by atoms with van der Waals surface area (Å²) in [5.41, 5.74) is 0.806. The largest absolute Gasteiger partial charge is 0.449 e. The van der Waals surface area contributed by atoms with Crippen molar-refractivity contribution in [3.05, 3.63) is 63.6 Å². The zero-order chi connectivity index (χ0) is 17.9. The van der Waals surface area contributed by atoms with Crippen LogP contribution in [0.15, 0.2) is 40.9 Å². The first-order valence-corrected chi connectivity index (χ1v) is 7.80. The van der Waals surface area contributed by atoms with E-state index in [1.54, 1.807) is 13.0 Å². The maximum atomic E-state index is 13.5. The molecule has 0 aliphatic carbocycles. The molecule has 2 aromatic carbocycles. The van der Waals surface area contributed by atoms with E-state index in [9.17, 15) is 18.4 Å². The van der Waals surface area contributed by atoms with Crippen LogP contribution in [0.4, 0.5) is 14.5 Å². The van der Waals surface area contributed by atoms with Gasteiger partial charge in [-0.25, -0.2) is 13.6 Å². The van der Waals surface area contributed by atoms with Crippen molar-refractivity contribution >= 4 is 33.5 Å². The van der Waals surface area contributed by atoms with Gasteiger partial charge in [-0.3, -0.25) is 4.79 Å². The van der Waals surface area contributed by atoms with Crippen LogP contribution >= 0.6 is 15.9 Å². The molecule has 0 aliphatic heterocycles. The normalized spacial score (nSPS) is 11.7. The average Bonchev–Trinajstić information content (AvgIpc) is 2.50. The third kappa shape index (κ3) is 4.38. The second-order valence-electron chi connectivity index (χ2n) is 5.12. The number of aryl methyl sites for hydroxylation is 1. The van der Waals surface area contributed by atoms with Crippen LogP contribution in [0.5, 0.6) is 0 Å². The minimum absolute atomic E-state index is 0.0948. The molecule has 24 heavy (non-hydrogen) atoms. The van der Waals surface area contributed by atoms with E-state index in [2.05, 4.69) is 21.2 Å². The lowest BCUT2D eigenvalue weighted by Gasteiger charge is -2.14. The predicted molar refractivity (Wildman–Crippen MR) is 88.7 cm³/mol. The molecule has 0 spiro atoms. The van der Waals surface area contributed by atoms with Gasteiger partial charge in [0.1, 0.15) is 11.6 Å². The number of carbonyl (C=O) groups is 2. The zero-order valence-corrected chi connectivity index (χ0v) is 14.5. The molecule has 0 radical (unpaired) electrons. The Hall–Kier alpha value is -2.28. The first-order chi connectivity index (χ1) is 11.3. The van der Waals surface area contributed by atoms with E-state index in [0.717, 1.165) is 12.1 Å². The Kier molecular flexibility index (Phi) is 5.66. The van der Waals surface area contributed by atoms with Gasteiger partial charge in [0.25, 0.3) is 5.91 Å². The molecule has 1 amide bonds. The van der Waals surface area contributed by atoms with Gasteiger partial charge in [-0.15, -0.1) is 0 Å². The third-order valence-electron chi connectivity index (χ3n) is 3.24. The van der Waals surface area contributed by atoms with E-state index in [-0.39, 0.29) is 15.7 Å². The molecule has 1 N–H and O–H groups in total. The fourth-order valence-electron chi connectivity index (χ4n) is 1.85. The second kappa shape index (κ2) is 7.53. The van der Waals surface area contributed by atoms with Gasteiger partial charge >= 0.3 is 5.97 Å². The number of esters is 1. The molecule has 2 aromatic rings. The third-order valence-corrected chi connectivity index (χ3v) is 3.90. The lowest BCUT2D eigenvalue weighted by Crippen LogP contribution is -2.30. The molecule has 0 heterocycles. The molecule has 7 heteroatoms. The summed E-state index contributed by atoms with van der Waals surface area (Å²) in [5.74, 6) is -2.34. The minimum atomic E-state index is -1.11. The van der Waals surface area contributed by atoms with Crippen LogP contribution in [0, 0.1) is 18.6 Å². The Morgan fingerprint density at radius 1 is 1.17 bits per heavy atom. The highest BCUT2D eigenvalue weighted by atomic mass is 79.9. The SMILES string of the molecule is Cc1ccc(NC(=O)[C@H](C)OC(=O)c2ccc(F)cc2Br)cc1F. The summed E-state index contributed by atoms with van der Waals surface area (Å²) in [6.07, 6.45) is -1.11. The van der Waals surface area contributed by atoms with Gasteiger partial charge in [0.05, 0.1) is 5.56 Å². The van der Waals surface area contributed by atoms with Crippen molar-refractivity contribution in [2.24, 2.45) is 0 Å². The first kappa shape index (κ1) is 18.1. The Balaban J connectivity index is 2.02. The van der Waals surface area contributed by atoms with Gasteiger partial charge in [-0.2, -0.15) is 0 Å². The monoisotopic (exact) mass is 397 g/mol. The number of nitrogens with one attached hydrogen (secondary N) is 1. The first-order valence-electron chi connectivity index (χ1n) is 7.01. The molecule has 0 saturated carbocycles. The number of anilines is 1. The molecule has 0 bridgehead atoms. The molecular weight excluding hydrogens is 384 g/mol. The average molecular weight is 398 g/mol. The van der Waals surface area contributed by atoms with Crippen LogP contribution in [0.25, 0.3) is 0 Å². The number of rotatable bonds is 4. The van der Waals surface area contributed by atoms with Crippen LogP contribution in [-0.2, 0) is 9.53 Å². The van der Waals surface area contributed by atoms with Gasteiger partial charge in [0.15, 0.2) is 6.10 Å². The van der Waals surface area contributed by atoms with Gasteiger partial charge in [-0.05, 0) is 65.7 Å². The van der Waals surface area contributed by atoms with Gasteiger partial charge < -0.3 is 10.1 Å². The fraction of sp³-hybridized carbons (Fsp3) is 0.176. The highest BCUT2D eigenvalue weighted by Gasteiger charge is 2.21.